The number of methoxy groups -OCH3 is 1. The van der Waals surface area contributed by atoms with Gasteiger partial charge in [-0.05, 0) is 24.3 Å². The smallest absolute Gasteiger partial charge is 0.355 e. The molecular formula is C13H10N4O2. The lowest BCUT2D eigenvalue weighted by atomic mass is 10.2. The number of carbonyl (C=O) groups excluding carboxylic acids is 1. The van der Waals surface area contributed by atoms with Crippen molar-refractivity contribution in [2.45, 2.75) is 0 Å². The second kappa shape index (κ2) is 4.49. The first-order valence-corrected chi connectivity index (χ1v) is 5.64. The first-order chi connectivity index (χ1) is 9.31. The Bertz CT molecular complexity index is 737. The van der Waals surface area contributed by atoms with E-state index in [9.17, 15) is 4.79 Å². The van der Waals surface area contributed by atoms with Crippen LogP contribution in [0, 0.1) is 0 Å². The van der Waals surface area contributed by atoms with Gasteiger partial charge in [0, 0.05) is 18.0 Å². The third kappa shape index (κ3) is 1.83. The number of hydrogen-bond acceptors (Lipinski definition) is 5. The second-order valence-electron chi connectivity index (χ2n) is 3.86. The Hall–Kier alpha value is -2.76. The van der Waals surface area contributed by atoms with Crippen LogP contribution in [0.3, 0.4) is 0 Å². The Morgan fingerprint density at radius 1 is 1.16 bits per heavy atom. The van der Waals surface area contributed by atoms with Gasteiger partial charge in [-0.25, -0.2) is 4.79 Å². The number of nitrogens with zero attached hydrogens (tertiary/aromatic N) is 4. The van der Waals surface area contributed by atoms with Gasteiger partial charge in [0.2, 0.25) is 0 Å². The van der Waals surface area contributed by atoms with Crippen molar-refractivity contribution in [2.75, 3.05) is 7.11 Å². The van der Waals surface area contributed by atoms with Gasteiger partial charge in [-0.3, -0.25) is 9.38 Å². The Morgan fingerprint density at radius 3 is 2.68 bits per heavy atom. The molecule has 19 heavy (non-hydrogen) atoms. The fraction of sp³-hybridized carbons (Fsp3) is 0.0769. The summed E-state index contributed by atoms with van der Waals surface area (Å²) in [5.74, 6) is 0.152. The summed E-state index contributed by atoms with van der Waals surface area (Å²) in [4.78, 5) is 15.8. The number of rotatable bonds is 2. The van der Waals surface area contributed by atoms with Crippen LogP contribution in [0.25, 0.3) is 17.0 Å². The van der Waals surface area contributed by atoms with Crippen LogP contribution in [0.5, 0.6) is 0 Å². The van der Waals surface area contributed by atoms with Gasteiger partial charge in [-0.1, -0.05) is 6.07 Å². The zero-order valence-corrected chi connectivity index (χ0v) is 10.1. The zero-order chi connectivity index (χ0) is 13.2. The van der Waals surface area contributed by atoms with Gasteiger partial charge in [-0.2, -0.15) is 0 Å². The first-order valence-electron chi connectivity index (χ1n) is 5.64. The van der Waals surface area contributed by atoms with E-state index in [1.165, 1.54) is 7.11 Å². The van der Waals surface area contributed by atoms with E-state index in [2.05, 4.69) is 15.2 Å². The monoisotopic (exact) mass is 254 g/mol. The van der Waals surface area contributed by atoms with Crippen LogP contribution in [-0.2, 0) is 4.74 Å². The minimum atomic E-state index is -0.430. The van der Waals surface area contributed by atoms with Crippen LogP contribution in [0.1, 0.15) is 10.5 Å². The minimum Gasteiger partial charge on any atom is -0.464 e. The summed E-state index contributed by atoms with van der Waals surface area (Å²) in [5, 5.41) is 8.18. The minimum absolute atomic E-state index is 0.386. The van der Waals surface area contributed by atoms with Gasteiger partial charge in [0.1, 0.15) is 5.69 Å². The standard InChI is InChI=1S/C13H10N4O2/c1-19-13(18)10-3-2-4-11-15-16-12(17(10)11)9-5-7-14-8-6-9/h2-8H,1H3. The summed E-state index contributed by atoms with van der Waals surface area (Å²) in [5.41, 5.74) is 1.81. The number of carbonyl (C=O) groups is 1. The molecule has 3 aromatic heterocycles. The van der Waals surface area contributed by atoms with E-state index in [-0.39, 0.29) is 0 Å². The molecule has 0 radical (unpaired) electrons. The maximum Gasteiger partial charge on any atom is 0.355 e. The molecule has 0 amide bonds. The van der Waals surface area contributed by atoms with E-state index in [0.29, 0.717) is 17.2 Å². The predicted octanol–water partition coefficient (Wildman–Crippen LogP) is 1.58. The number of pyridine rings is 2. The van der Waals surface area contributed by atoms with Crippen LogP contribution in [-0.4, -0.2) is 32.7 Å². The molecule has 3 aromatic rings. The van der Waals surface area contributed by atoms with Crippen LogP contribution in [0.4, 0.5) is 0 Å². The molecule has 6 nitrogen and oxygen atoms in total. The highest BCUT2D eigenvalue weighted by molar-refractivity contribution is 5.89. The van der Waals surface area contributed by atoms with Gasteiger partial charge in [0.15, 0.2) is 11.5 Å². The normalized spacial score (nSPS) is 10.6. The molecule has 6 heteroatoms. The van der Waals surface area contributed by atoms with Gasteiger partial charge in [0.05, 0.1) is 7.11 Å². The van der Waals surface area contributed by atoms with Crippen LogP contribution in [0.15, 0.2) is 42.7 Å². The molecule has 3 heterocycles. The Kier molecular flexibility index (Phi) is 2.68. The van der Waals surface area contributed by atoms with E-state index in [4.69, 9.17) is 4.74 Å². The molecule has 0 aliphatic heterocycles. The molecule has 0 saturated carbocycles. The highest BCUT2D eigenvalue weighted by Gasteiger charge is 2.16. The second-order valence-corrected chi connectivity index (χ2v) is 3.86. The molecule has 0 spiro atoms. The van der Waals surface area contributed by atoms with Crippen molar-refractivity contribution >= 4 is 11.6 Å². The summed E-state index contributed by atoms with van der Waals surface area (Å²) >= 11 is 0. The average molecular weight is 254 g/mol. The summed E-state index contributed by atoms with van der Waals surface area (Å²) in [6.45, 7) is 0. The van der Waals surface area contributed by atoms with Crippen LogP contribution < -0.4 is 0 Å². The van der Waals surface area contributed by atoms with E-state index in [1.807, 2.05) is 12.1 Å². The highest BCUT2D eigenvalue weighted by atomic mass is 16.5. The molecular weight excluding hydrogens is 244 g/mol. The lowest BCUT2D eigenvalue weighted by Crippen LogP contribution is -2.08. The van der Waals surface area contributed by atoms with Crippen molar-refractivity contribution in [3.63, 3.8) is 0 Å². The maximum absolute atomic E-state index is 11.8. The molecule has 0 aliphatic rings. The molecule has 0 aliphatic carbocycles. The zero-order valence-electron chi connectivity index (χ0n) is 10.1. The van der Waals surface area contributed by atoms with E-state index < -0.39 is 5.97 Å². The van der Waals surface area contributed by atoms with Crippen LogP contribution in [0.2, 0.25) is 0 Å². The molecule has 3 rings (SSSR count). The van der Waals surface area contributed by atoms with E-state index in [0.717, 1.165) is 5.56 Å². The molecule has 0 saturated heterocycles. The molecule has 0 N–H and O–H groups in total. The van der Waals surface area contributed by atoms with Crippen molar-refractivity contribution < 1.29 is 9.53 Å². The van der Waals surface area contributed by atoms with Crippen molar-refractivity contribution in [2.24, 2.45) is 0 Å². The topological polar surface area (TPSA) is 69.4 Å². The summed E-state index contributed by atoms with van der Waals surface area (Å²) in [6, 6.07) is 8.82. The van der Waals surface area contributed by atoms with Crippen molar-refractivity contribution in [1.82, 2.24) is 19.6 Å². The molecule has 0 unspecified atom stereocenters. The predicted molar refractivity (Wildman–Crippen MR) is 67.6 cm³/mol. The highest BCUT2D eigenvalue weighted by Crippen LogP contribution is 2.19. The molecule has 0 bridgehead atoms. The Labute approximate surface area is 108 Å². The summed E-state index contributed by atoms with van der Waals surface area (Å²) in [7, 11) is 1.34. The lowest BCUT2D eigenvalue weighted by molar-refractivity contribution is 0.0592. The van der Waals surface area contributed by atoms with Crippen molar-refractivity contribution in [3.8, 4) is 11.4 Å². The van der Waals surface area contributed by atoms with Gasteiger partial charge in [-0.15, -0.1) is 10.2 Å². The molecule has 94 valence electrons. The largest absolute Gasteiger partial charge is 0.464 e. The molecule has 0 fully saturated rings. The Morgan fingerprint density at radius 2 is 1.95 bits per heavy atom. The number of ether oxygens (including phenoxy) is 1. The van der Waals surface area contributed by atoms with Gasteiger partial charge in [0.25, 0.3) is 0 Å². The molecule has 0 aromatic carbocycles. The SMILES string of the molecule is COC(=O)c1cccc2nnc(-c3ccncc3)n12. The first kappa shape index (κ1) is 11.3. The number of fused-ring (bicyclic) bond motifs is 1. The fourth-order valence-corrected chi connectivity index (χ4v) is 1.89. The van der Waals surface area contributed by atoms with Gasteiger partial charge < -0.3 is 4.74 Å². The van der Waals surface area contributed by atoms with E-state index in [1.54, 1.807) is 35.0 Å². The quantitative estimate of drug-likeness (QED) is 0.649. The van der Waals surface area contributed by atoms with Crippen molar-refractivity contribution in [1.29, 1.82) is 0 Å². The molecule has 0 atom stereocenters. The summed E-state index contributed by atoms with van der Waals surface area (Å²) < 4.78 is 6.44. The number of aromatic nitrogens is 4. The number of hydrogen-bond donors (Lipinski definition) is 0. The van der Waals surface area contributed by atoms with Gasteiger partial charge >= 0.3 is 5.97 Å². The lowest BCUT2D eigenvalue weighted by Gasteiger charge is -2.05. The maximum atomic E-state index is 11.8. The third-order valence-corrected chi connectivity index (χ3v) is 2.76. The van der Waals surface area contributed by atoms with E-state index >= 15 is 0 Å². The average Bonchev–Trinajstić information content (AvgIpc) is 2.91. The third-order valence-electron chi connectivity index (χ3n) is 2.76. The summed E-state index contributed by atoms with van der Waals surface area (Å²) in [6.07, 6.45) is 3.33. The van der Waals surface area contributed by atoms with Crippen molar-refractivity contribution in [3.05, 3.63) is 48.4 Å². The van der Waals surface area contributed by atoms with Crippen LogP contribution >= 0.6 is 0 Å². The Balaban J connectivity index is 2.30. The fourth-order valence-electron chi connectivity index (χ4n) is 1.89. The number of esters is 1.